The summed E-state index contributed by atoms with van der Waals surface area (Å²) in [5.41, 5.74) is 3.41. The van der Waals surface area contributed by atoms with Crippen LogP contribution >= 0.6 is 15.9 Å². The van der Waals surface area contributed by atoms with Crippen molar-refractivity contribution in [1.29, 1.82) is 0 Å². The van der Waals surface area contributed by atoms with Gasteiger partial charge in [0.25, 0.3) is 0 Å². The number of nitrogens with zero attached hydrogens (tertiary/aromatic N) is 1. The largest absolute Gasteiger partial charge is 0.503 e. The van der Waals surface area contributed by atoms with Gasteiger partial charge >= 0.3 is 0 Å². The predicted molar refractivity (Wildman–Crippen MR) is 114 cm³/mol. The highest BCUT2D eigenvalue weighted by Gasteiger charge is 2.44. The van der Waals surface area contributed by atoms with E-state index in [4.69, 9.17) is 9.73 Å². The molecule has 0 amide bonds. The van der Waals surface area contributed by atoms with Crippen LogP contribution in [0.25, 0.3) is 0 Å². The number of fused-ring (bicyclic) bond motifs is 2. The van der Waals surface area contributed by atoms with Gasteiger partial charge in [0.15, 0.2) is 11.5 Å². The number of ketones is 1. The maximum Gasteiger partial charge on any atom is 0.172 e. The first-order valence-corrected chi connectivity index (χ1v) is 10.1. The zero-order chi connectivity index (χ0) is 20.1. The van der Waals surface area contributed by atoms with Crippen molar-refractivity contribution in [3.63, 3.8) is 0 Å². The topological polar surface area (TPSA) is 70.9 Å². The number of carbonyl (C=O) groups excluding carboxylic acids is 1. The molecule has 146 valence electrons. The number of hydrogen-bond donors (Lipinski definition) is 2. The van der Waals surface area contributed by atoms with Crippen molar-refractivity contribution in [3.05, 3.63) is 46.4 Å². The van der Waals surface area contributed by atoms with Gasteiger partial charge in [-0.1, -0.05) is 26.0 Å². The first-order chi connectivity index (χ1) is 13.3. The van der Waals surface area contributed by atoms with E-state index in [0.29, 0.717) is 16.6 Å². The van der Waals surface area contributed by atoms with Crippen molar-refractivity contribution in [2.45, 2.75) is 32.7 Å². The molecule has 4 rings (SSSR count). The number of anilines is 1. The van der Waals surface area contributed by atoms with Gasteiger partial charge in [-0.3, -0.25) is 9.79 Å². The van der Waals surface area contributed by atoms with Crippen LogP contribution in [0.1, 0.15) is 38.3 Å². The monoisotopic (exact) mass is 442 g/mol. The van der Waals surface area contributed by atoms with Crippen LogP contribution in [0.3, 0.4) is 0 Å². The highest BCUT2D eigenvalue weighted by atomic mass is 79.9. The molecule has 0 bridgehead atoms. The number of halogens is 1. The number of phenols is 1. The Balaban J connectivity index is 1.89. The first kappa shape index (κ1) is 19.0. The minimum atomic E-state index is -0.360. The average molecular weight is 443 g/mol. The fraction of sp³-hybridized carbons (Fsp3) is 0.364. The van der Waals surface area contributed by atoms with E-state index in [2.05, 4.69) is 35.1 Å². The molecule has 2 aromatic carbocycles. The molecular formula is C22H23BrN2O3. The van der Waals surface area contributed by atoms with Gasteiger partial charge in [-0.15, -0.1) is 0 Å². The van der Waals surface area contributed by atoms with Gasteiger partial charge in [0.1, 0.15) is 5.78 Å². The third-order valence-corrected chi connectivity index (χ3v) is 6.07. The number of carbonyl (C=O) groups is 1. The van der Waals surface area contributed by atoms with Crippen LogP contribution in [0.5, 0.6) is 11.5 Å². The Morgan fingerprint density at radius 2 is 2.00 bits per heavy atom. The number of para-hydroxylation sites is 2. The molecular weight excluding hydrogens is 420 g/mol. The number of methoxy groups -OCH3 is 1. The lowest BCUT2D eigenvalue weighted by Gasteiger charge is -2.37. The first-order valence-electron chi connectivity index (χ1n) is 9.31. The van der Waals surface area contributed by atoms with Gasteiger partial charge in [-0.05, 0) is 57.6 Å². The molecule has 2 aromatic rings. The lowest BCUT2D eigenvalue weighted by atomic mass is 9.68. The standard InChI is InChI=1S/C22H23BrN2O3/c1-22(2)10-16-19(17(26)11-22)20(25-15-7-5-4-6-14(15)24-16)12-8-13(23)21(27)18(9-12)28-3/h4-9,19-20,25,27H,10-11H2,1-3H3. The fourth-order valence-electron chi connectivity index (χ4n) is 4.22. The summed E-state index contributed by atoms with van der Waals surface area (Å²) in [5, 5.41) is 13.7. The number of phenolic OH excluding ortho intramolecular Hbond substituents is 1. The second-order valence-electron chi connectivity index (χ2n) is 8.26. The van der Waals surface area contributed by atoms with Crippen molar-refractivity contribution < 1.29 is 14.6 Å². The second kappa shape index (κ2) is 6.92. The summed E-state index contributed by atoms with van der Waals surface area (Å²) >= 11 is 3.40. The summed E-state index contributed by atoms with van der Waals surface area (Å²) < 4.78 is 5.86. The molecule has 2 aliphatic rings. The minimum Gasteiger partial charge on any atom is -0.503 e. The number of benzene rings is 2. The smallest absolute Gasteiger partial charge is 0.172 e. The number of nitrogens with one attached hydrogen (secondary N) is 1. The summed E-state index contributed by atoms with van der Waals surface area (Å²) in [7, 11) is 1.52. The Bertz CT molecular complexity index is 984. The molecule has 0 spiro atoms. The van der Waals surface area contributed by atoms with Gasteiger partial charge in [-0.2, -0.15) is 0 Å². The normalized spacial score (nSPS) is 23.0. The average Bonchev–Trinajstić information content (AvgIpc) is 2.79. The number of Topliss-reactive ketones (excluding diaryl/α,β-unsaturated/α-hetero) is 1. The van der Waals surface area contributed by atoms with E-state index in [9.17, 15) is 9.90 Å². The number of aliphatic imine (C=N–C) groups is 1. The Morgan fingerprint density at radius 3 is 2.75 bits per heavy atom. The zero-order valence-corrected chi connectivity index (χ0v) is 17.7. The van der Waals surface area contributed by atoms with Crippen LogP contribution in [0.2, 0.25) is 0 Å². The number of aromatic hydroxyl groups is 1. The highest BCUT2D eigenvalue weighted by molar-refractivity contribution is 9.10. The predicted octanol–water partition coefficient (Wildman–Crippen LogP) is 5.41. The van der Waals surface area contributed by atoms with Gasteiger partial charge in [0, 0.05) is 12.1 Å². The molecule has 2 N–H and O–H groups in total. The Kier molecular flexibility index (Phi) is 4.70. The van der Waals surface area contributed by atoms with Crippen molar-refractivity contribution in [1.82, 2.24) is 0 Å². The quantitative estimate of drug-likeness (QED) is 0.652. The van der Waals surface area contributed by atoms with Crippen LogP contribution in [-0.2, 0) is 4.79 Å². The van der Waals surface area contributed by atoms with Crippen molar-refractivity contribution >= 4 is 38.8 Å². The van der Waals surface area contributed by atoms with E-state index in [-0.39, 0.29) is 28.9 Å². The molecule has 1 saturated carbocycles. The number of hydrogen-bond acceptors (Lipinski definition) is 5. The second-order valence-corrected chi connectivity index (χ2v) is 9.11. The van der Waals surface area contributed by atoms with E-state index in [1.165, 1.54) is 7.11 Å². The third-order valence-electron chi connectivity index (χ3n) is 5.46. The molecule has 1 aliphatic carbocycles. The van der Waals surface area contributed by atoms with Gasteiger partial charge in [0.05, 0.1) is 34.9 Å². The van der Waals surface area contributed by atoms with E-state index in [1.54, 1.807) is 6.07 Å². The molecule has 1 fully saturated rings. The van der Waals surface area contributed by atoms with Crippen LogP contribution < -0.4 is 10.1 Å². The molecule has 6 heteroatoms. The molecule has 28 heavy (non-hydrogen) atoms. The Morgan fingerprint density at radius 1 is 1.25 bits per heavy atom. The third kappa shape index (κ3) is 3.30. The van der Waals surface area contributed by atoms with E-state index < -0.39 is 0 Å². The summed E-state index contributed by atoms with van der Waals surface area (Å²) in [4.78, 5) is 18.1. The molecule has 2 unspecified atom stereocenters. The van der Waals surface area contributed by atoms with Crippen LogP contribution in [0.4, 0.5) is 11.4 Å². The Labute approximate surface area is 173 Å². The molecule has 0 saturated heterocycles. The molecule has 1 aliphatic heterocycles. The lowest BCUT2D eigenvalue weighted by Crippen LogP contribution is -2.42. The molecule has 1 heterocycles. The summed E-state index contributed by atoms with van der Waals surface area (Å²) in [6, 6.07) is 11.2. The van der Waals surface area contributed by atoms with Crippen molar-refractivity contribution in [2.75, 3.05) is 12.4 Å². The van der Waals surface area contributed by atoms with Crippen LogP contribution in [0.15, 0.2) is 45.9 Å². The summed E-state index contributed by atoms with van der Waals surface area (Å²) in [5.74, 6) is 0.237. The highest BCUT2D eigenvalue weighted by Crippen LogP contribution is 2.47. The molecule has 0 aromatic heterocycles. The van der Waals surface area contributed by atoms with Gasteiger partial charge in [-0.25, -0.2) is 0 Å². The molecule has 2 atom stereocenters. The van der Waals surface area contributed by atoms with Crippen LogP contribution in [0, 0.1) is 11.3 Å². The van der Waals surface area contributed by atoms with Gasteiger partial charge in [0.2, 0.25) is 0 Å². The van der Waals surface area contributed by atoms with E-state index in [0.717, 1.165) is 29.1 Å². The van der Waals surface area contributed by atoms with Gasteiger partial charge < -0.3 is 15.2 Å². The SMILES string of the molecule is COc1cc(C2Nc3ccccc3N=C3CC(C)(C)CC(=O)C32)cc(Br)c1O. The fourth-order valence-corrected chi connectivity index (χ4v) is 4.68. The minimum absolute atomic E-state index is 0.0465. The van der Waals surface area contributed by atoms with Crippen LogP contribution in [-0.4, -0.2) is 23.7 Å². The molecule has 5 nitrogen and oxygen atoms in total. The lowest BCUT2D eigenvalue weighted by molar-refractivity contribution is -0.124. The molecule has 0 radical (unpaired) electrons. The number of ether oxygens (including phenoxy) is 1. The van der Waals surface area contributed by atoms with Crippen molar-refractivity contribution in [3.8, 4) is 11.5 Å². The van der Waals surface area contributed by atoms with E-state index in [1.807, 2.05) is 30.3 Å². The Hall–Kier alpha value is -2.34. The zero-order valence-electron chi connectivity index (χ0n) is 16.1. The van der Waals surface area contributed by atoms with Crippen molar-refractivity contribution in [2.24, 2.45) is 16.3 Å². The van der Waals surface area contributed by atoms with E-state index >= 15 is 0 Å². The summed E-state index contributed by atoms with van der Waals surface area (Å²) in [6.07, 6.45) is 1.29. The maximum absolute atomic E-state index is 13.2. The number of rotatable bonds is 2. The maximum atomic E-state index is 13.2. The summed E-state index contributed by atoms with van der Waals surface area (Å²) in [6.45, 7) is 4.23.